The first-order valence-corrected chi connectivity index (χ1v) is 12.0. The van der Waals surface area contributed by atoms with Crippen LogP contribution in [0.5, 0.6) is 0 Å². The topological polar surface area (TPSA) is 73.8 Å². The zero-order chi connectivity index (χ0) is 21.3. The fraction of sp³-hybridized carbons (Fsp3) is 0.381. The average molecular weight is 563 g/mol. The average Bonchev–Trinajstić information content (AvgIpc) is 2.73. The van der Waals surface area contributed by atoms with Gasteiger partial charge < -0.3 is 10.6 Å². The van der Waals surface area contributed by atoms with Gasteiger partial charge in [0.2, 0.25) is 10.0 Å². The Bertz CT molecular complexity index is 889. The van der Waals surface area contributed by atoms with E-state index in [1.165, 1.54) is 9.20 Å². The summed E-state index contributed by atoms with van der Waals surface area (Å²) in [6, 6.07) is 17.1. The predicted molar refractivity (Wildman–Crippen MR) is 137 cm³/mol. The van der Waals surface area contributed by atoms with Crippen molar-refractivity contribution in [2.75, 3.05) is 26.4 Å². The second-order valence-corrected chi connectivity index (χ2v) is 9.94. The molecular formula is C21H31IN4O2S2. The predicted octanol–water partition coefficient (Wildman–Crippen LogP) is 3.79. The van der Waals surface area contributed by atoms with Gasteiger partial charge in [-0.25, -0.2) is 8.42 Å². The molecular weight excluding hydrogens is 531 g/mol. The molecule has 0 unspecified atom stereocenters. The number of sulfonamides is 1. The summed E-state index contributed by atoms with van der Waals surface area (Å²) in [7, 11) is -0.123. The van der Waals surface area contributed by atoms with Crippen LogP contribution in [0, 0.1) is 0 Å². The lowest BCUT2D eigenvalue weighted by molar-refractivity contribution is 0.410. The standard InChI is InChI=1S/C21H30N4O2S2.HI/c1-17(2)25(4)29(26,27)20-12-10-18(11-13-20)16-24-21(22-3)23-14-15-28-19-8-6-5-7-9-19;/h5-13,17H,14-16H2,1-4H3,(H2,22,23,24);1H. The minimum atomic E-state index is -3.45. The molecule has 0 heterocycles. The maximum Gasteiger partial charge on any atom is 0.243 e. The number of halogens is 1. The summed E-state index contributed by atoms with van der Waals surface area (Å²) < 4.78 is 26.4. The molecule has 0 amide bonds. The number of hydrogen-bond acceptors (Lipinski definition) is 4. The zero-order valence-electron chi connectivity index (χ0n) is 17.8. The highest BCUT2D eigenvalue weighted by Gasteiger charge is 2.22. The maximum atomic E-state index is 12.5. The van der Waals surface area contributed by atoms with Gasteiger partial charge in [0.1, 0.15) is 0 Å². The summed E-state index contributed by atoms with van der Waals surface area (Å²) in [5.41, 5.74) is 0.984. The second-order valence-electron chi connectivity index (χ2n) is 6.77. The molecule has 2 N–H and O–H groups in total. The Balaban J connectivity index is 0.00000450. The van der Waals surface area contributed by atoms with Crippen molar-refractivity contribution in [3.05, 3.63) is 60.2 Å². The molecule has 0 bridgehead atoms. The Morgan fingerprint density at radius 3 is 2.27 bits per heavy atom. The number of benzene rings is 2. The third-order valence-corrected chi connectivity index (χ3v) is 7.48. The lowest BCUT2D eigenvalue weighted by atomic mass is 10.2. The van der Waals surface area contributed by atoms with E-state index in [1.807, 2.05) is 44.2 Å². The van der Waals surface area contributed by atoms with Crippen LogP contribution in [-0.4, -0.2) is 51.1 Å². The minimum absolute atomic E-state index is 0. The lowest BCUT2D eigenvalue weighted by Crippen LogP contribution is -2.38. The Morgan fingerprint density at radius 1 is 1.07 bits per heavy atom. The molecule has 0 aliphatic heterocycles. The third-order valence-electron chi connectivity index (χ3n) is 4.42. The highest BCUT2D eigenvalue weighted by Crippen LogP contribution is 2.17. The van der Waals surface area contributed by atoms with Crippen LogP contribution in [0.1, 0.15) is 19.4 Å². The number of aliphatic imine (C=N–C) groups is 1. The molecule has 166 valence electrons. The van der Waals surface area contributed by atoms with Gasteiger partial charge in [-0.3, -0.25) is 4.99 Å². The van der Waals surface area contributed by atoms with Gasteiger partial charge in [0, 0.05) is 43.9 Å². The van der Waals surface area contributed by atoms with E-state index < -0.39 is 10.0 Å². The Kier molecular flexibility index (Phi) is 11.7. The van der Waals surface area contributed by atoms with Crippen molar-refractivity contribution in [3.8, 4) is 0 Å². The highest BCUT2D eigenvalue weighted by molar-refractivity contribution is 14.0. The maximum absolute atomic E-state index is 12.5. The van der Waals surface area contributed by atoms with E-state index in [4.69, 9.17) is 0 Å². The van der Waals surface area contributed by atoms with E-state index in [9.17, 15) is 8.42 Å². The minimum Gasteiger partial charge on any atom is -0.356 e. The van der Waals surface area contributed by atoms with Crippen LogP contribution in [0.4, 0.5) is 0 Å². The van der Waals surface area contributed by atoms with Crippen LogP contribution in [0.15, 0.2) is 69.4 Å². The molecule has 0 saturated carbocycles. The van der Waals surface area contributed by atoms with Gasteiger partial charge >= 0.3 is 0 Å². The molecule has 6 nitrogen and oxygen atoms in total. The van der Waals surface area contributed by atoms with E-state index >= 15 is 0 Å². The molecule has 0 aliphatic rings. The van der Waals surface area contributed by atoms with Gasteiger partial charge in [-0.05, 0) is 43.7 Å². The largest absolute Gasteiger partial charge is 0.356 e. The molecule has 30 heavy (non-hydrogen) atoms. The van der Waals surface area contributed by atoms with Gasteiger partial charge in [-0.1, -0.05) is 30.3 Å². The highest BCUT2D eigenvalue weighted by atomic mass is 127. The van der Waals surface area contributed by atoms with Crippen molar-refractivity contribution in [1.29, 1.82) is 0 Å². The monoisotopic (exact) mass is 562 g/mol. The summed E-state index contributed by atoms with van der Waals surface area (Å²) in [4.78, 5) is 5.78. The number of guanidine groups is 1. The Morgan fingerprint density at radius 2 is 1.70 bits per heavy atom. The number of rotatable bonds is 9. The molecule has 0 aliphatic carbocycles. The van der Waals surface area contributed by atoms with Crippen molar-refractivity contribution in [2.45, 2.75) is 36.2 Å². The molecule has 0 spiro atoms. The first-order chi connectivity index (χ1) is 13.8. The SMILES string of the molecule is CN=C(NCCSc1ccccc1)NCc1ccc(S(=O)(=O)N(C)C(C)C)cc1.I. The molecule has 2 rings (SSSR count). The van der Waals surface area contributed by atoms with E-state index in [0.717, 1.165) is 23.8 Å². The molecule has 0 radical (unpaired) electrons. The summed E-state index contributed by atoms with van der Waals surface area (Å²) in [6.07, 6.45) is 0. The van der Waals surface area contributed by atoms with Crippen LogP contribution >= 0.6 is 35.7 Å². The Hall–Kier alpha value is -1.30. The van der Waals surface area contributed by atoms with Gasteiger partial charge in [0.25, 0.3) is 0 Å². The fourth-order valence-corrected chi connectivity index (χ4v) is 4.64. The fourth-order valence-electron chi connectivity index (χ4n) is 2.48. The van der Waals surface area contributed by atoms with E-state index in [0.29, 0.717) is 11.4 Å². The molecule has 0 fully saturated rings. The van der Waals surface area contributed by atoms with Crippen LogP contribution in [-0.2, 0) is 16.6 Å². The van der Waals surface area contributed by atoms with Crippen molar-refractivity contribution in [2.24, 2.45) is 4.99 Å². The van der Waals surface area contributed by atoms with Crippen molar-refractivity contribution in [3.63, 3.8) is 0 Å². The van der Waals surface area contributed by atoms with Crippen LogP contribution in [0.3, 0.4) is 0 Å². The van der Waals surface area contributed by atoms with Crippen molar-refractivity contribution in [1.82, 2.24) is 14.9 Å². The lowest BCUT2D eigenvalue weighted by Gasteiger charge is -2.21. The van der Waals surface area contributed by atoms with Crippen molar-refractivity contribution >= 4 is 51.7 Å². The van der Waals surface area contributed by atoms with E-state index in [2.05, 4.69) is 27.8 Å². The number of nitrogens with one attached hydrogen (secondary N) is 2. The summed E-state index contributed by atoms with van der Waals surface area (Å²) in [6.45, 7) is 5.06. The first-order valence-electron chi connectivity index (χ1n) is 9.54. The van der Waals surface area contributed by atoms with Crippen LogP contribution in [0.25, 0.3) is 0 Å². The first kappa shape index (κ1) is 26.7. The second kappa shape index (κ2) is 13.2. The molecule has 2 aromatic rings. The normalized spacial score (nSPS) is 12.0. The molecule has 2 aromatic carbocycles. The number of hydrogen-bond donors (Lipinski definition) is 2. The van der Waals surface area contributed by atoms with Gasteiger partial charge in [-0.15, -0.1) is 35.7 Å². The molecule has 0 aromatic heterocycles. The summed E-state index contributed by atoms with van der Waals surface area (Å²) in [5.74, 6) is 1.65. The van der Waals surface area contributed by atoms with Gasteiger partial charge in [0.15, 0.2) is 5.96 Å². The number of nitrogens with zero attached hydrogens (tertiary/aromatic N) is 2. The Labute approximate surface area is 202 Å². The van der Waals surface area contributed by atoms with Gasteiger partial charge in [0.05, 0.1) is 4.90 Å². The number of thioether (sulfide) groups is 1. The van der Waals surface area contributed by atoms with Crippen LogP contribution in [0.2, 0.25) is 0 Å². The summed E-state index contributed by atoms with van der Waals surface area (Å²) in [5, 5.41) is 6.54. The molecule has 9 heteroatoms. The van der Waals surface area contributed by atoms with Crippen LogP contribution < -0.4 is 10.6 Å². The molecule has 0 saturated heterocycles. The quantitative estimate of drug-likeness (QED) is 0.160. The third kappa shape index (κ3) is 8.09. The van der Waals surface area contributed by atoms with E-state index in [1.54, 1.807) is 38.0 Å². The van der Waals surface area contributed by atoms with Gasteiger partial charge in [-0.2, -0.15) is 4.31 Å². The molecule has 0 atom stereocenters. The smallest absolute Gasteiger partial charge is 0.243 e. The zero-order valence-corrected chi connectivity index (χ0v) is 21.8. The summed E-state index contributed by atoms with van der Waals surface area (Å²) >= 11 is 1.79. The van der Waals surface area contributed by atoms with E-state index in [-0.39, 0.29) is 30.0 Å². The van der Waals surface area contributed by atoms with Crippen molar-refractivity contribution < 1.29 is 8.42 Å².